The number of hydrogen-bond donors (Lipinski definition) is 0. The fourth-order valence-corrected chi connectivity index (χ4v) is 1.26. The minimum Gasteiger partial charge on any atom is -0.746 e. The Kier molecular flexibility index (Phi) is 9.93. The first-order valence-electron chi connectivity index (χ1n) is 3.93. The first-order chi connectivity index (χ1) is 7.50. The second-order valence-electron chi connectivity index (χ2n) is 2.96. The van der Waals surface area contributed by atoms with Crippen LogP contribution in [0.4, 0.5) is 30.7 Å². The van der Waals surface area contributed by atoms with Gasteiger partial charge in [0.2, 0.25) is 5.50 Å². The van der Waals surface area contributed by atoms with E-state index in [-0.39, 0.29) is 51.4 Å². The topological polar surface area (TPSA) is 57.2 Å². The van der Waals surface area contributed by atoms with Gasteiger partial charge in [-0.1, -0.05) is 0 Å². The molecule has 0 heterocycles. The molecule has 5 atom stereocenters. The molecule has 0 saturated carbocycles. The first kappa shape index (κ1) is 21.4. The molecule has 18 heavy (non-hydrogen) atoms. The summed E-state index contributed by atoms with van der Waals surface area (Å²) in [7, 11) is -5.93. The number of halogens is 7. The number of rotatable bonds is 6. The molecule has 0 rings (SSSR count). The minimum atomic E-state index is -5.93. The summed E-state index contributed by atoms with van der Waals surface area (Å²) in [5.41, 5.74) is -4.00. The molecule has 3 nitrogen and oxygen atoms in total. The largest absolute Gasteiger partial charge is 1.00 e. The van der Waals surface area contributed by atoms with Gasteiger partial charge in [0.1, 0.15) is 10.1 Å². The molecule has 0 aliphatic rings. The van der Waals surface area contributed by atoms with Crippen molar-refractivity contribution in [2.75, 3.05) is 0 Å². The summed E-state index contributed by atoms with van der Waals surface area (Å²) in [6.45, 7) is 0. The van der Waals surface area contributed by atoms with E-state index in [1.54, 1.807) is 0 Å². The van der Waals surface area contributed by atoms with Gasteiger partial charge in [-0.05, 0) is 0 Å². The van der Waals surface area contributed by atoms with Gasteiger partial charge in [0.25, 0.3) is 6.43 Å². The SMILES string of the molecule is O=S(=O)([O-])C(F)C(F)C(F)C(F)C(F)C(F)F.[K+]. The van der Waals surface area contributed by atoms with Crippen molar-refractivity contribution in [1.29, 1.82) is 0 Å². The van der Waals surface area contributed by atoms with Crippen molar-refractivity contribution in [3.8, 4) is 0 Å². The molecule has 5 unspecified atom stereocenters. The molecule has 0 aliphatic carbocycles. The maximum absolute atomic E-state index is 12.6. The zero-order valence-electron chi connectivity index (χ0n) is 8.74. The van der Waals surface area contributed by atoms with E-state index in [0.717, 1.165) is 0 Å². The molecule has 0 amide bonds. The fourth-order valence-electron chi connectivity index (χ4n) is 0.794. The van der Waals surface area contributed by atoms with Crippen molar-refractivity contribution < 1.29 is 95.1 Å². The zero-order valence-corrected chi connectivity index (χ0v) is 12.7. The van der Waals surface area contributed by atoms with Gasteiger partial charge in [-0.2, -0.15) is 0 Å². The zero-order chi connectivity index (χ0) is 14.0. The van der Waals surface area contributed by atoms with Gasteiger partial charge < -0.3 is 4.55 Å². The Morgan fingerprint density at radius 3 is 1.33 bits per heavy atom. The van der Waals surface area contributed by atoms with Crippen LogP contribution in [0.15, 0.2) is 0 Å². The molecule has 0 bridgehead atoms. The van der Waals surface area contributed by atoms with E-state index in [9.17, 15) is 43.7 Å². The molecule has 0 spiro atoms. The van der Waals surface area contributed by atoms with Crippen LogP contribution >= 0.6 is 0 Å². The van der Waals surface area contributed by atoms with Crippen LogP contribution in [0.2, 0.25) is 0 Å². The summed E-state index contributed by atoms with van der Waals surface area (Å²) in [5.74, 6) is 0. The van der Waals surface area contributed by atoms with E-state index in [4.69, 9.17) is 0 Å². The molecular formula is C6H6F7KO3S. The molecule has 104 valence electrons. The molecule has 0 aromatic rings. The average molecular weight is 330 g/mol. The van der Waals surface area contributed by atoms with E-state index >= 15 is 0 Å². The van der Waals surface area contributed by atoms with Crippen molar-refractivity contribution >= 4 is 10.1 Å². The summed E-state index contributed by atoms with van der Waals surface area (Å²) < 4.78 is 115. The van der Waals surface area contributed by atoms with Crippen molar-refractivity contribution in [1.82, 2.24) is 0 Å². The van der Waals surface area contributed by atoms with E-state index in [1.165, 1.54) is 0 Å². The molecule has 0 aromatic heterocycles. The second kappa shape index (κ2) is 8.37. The molecular weight excluding hydrogens is 324 g/mol. The fraction of sp³-hybridized carbons (Fsp3) is 1.00. The Balaban J connectivity index is 0. The third-order valence-electron chi connectivity index (χ3n) is 1.68. The predicted octanol–water partition coefficient (Wildman–Crippen LogP) is -1.55. The summed E-state index contributed by atoms with van der Waals surface area (Å²) >= 11 is 0. The Hall–Kier alpha value is 1.06. The molecule has 0 fully saturated rings. The van der Waals surface area contributed by atoms with Crippen molar-refractivity contribution in [3.05, 3.63) is 0 Å². The van der Waals surface area contributed by atoms with Gasteiger partial charge >= 0.3 is 51.4 Å². The van der Waals surface area contributed by atoms with Crippen molar-refractivity contribution in [2.24, 2.45) is 0 Å². The Labute approximate surface area is 140 Å². The number of hydrogen-bond acceptors (Lipinski definition) is 3. The normalized spacial score (nSPS) is 20.7. The van der Waals surface area contributed by atoms with E-state index in [0.29, 0.717) is 0 Å². The van der Waals surface area contributed by atoms with Gasteiger partial charge in [0.15, 0.2) is 24.7 Å². The quantitative estimate of drug-likeness (QED) is 0.337. The summed E-state index contributed by atoms with van der Waals surface area (Å²) in [6.07, 6.45) is -19.3. The Morgan fingerprint density at radius 1 is 0.722 bits per heavy atom. The van der Waals surface area contributed by atoms with Gasteiger partial charge in [0.05, 0.1) is 0 Å². The van der Waals surface area contributed by atoms with Gasteiger partial charge in [-0.15, -0.1) is 0 Å². The van der Waals surface area contributed by atoms with E-state index in [2.05, 4.69) is 0 Å². The minimum absolute atomic E-state index is 0. The van der Waals surface area contributed by atoms with Gasteiger partial charge in [-0.3, -0.25) is 0 Å². The van der Waals surface area contributed by atoms with E-state index in [1.807, 2.05) is 0 Å². The van der Waals surface area contributed by atoms with Crippen LogP contribution < -0.4 is 51.4 Å². The maximum atomic E-state index is 12.6. The standard InChI is InChI=1S/C6H7F7O3S.K/c7-1(3(9)5(11)12)2(8)4(10)6(13)17(14,15)16;/h1-6H,(H,14,15,16);/q;+1/p-1. The monoisotopic (exact) mass is 330 g/mol. The summed E-state index contributed by atoms with van der Waals surface area (Å²) in [6, 6.07) is 0. The van der Waals surface area contributed by atoms with Crippen molar-refractivity contribution in [2.45, 2.75) is 36.6 Å². The predicted molar refractivity (Wildman–Crippen MR) is 40.2 cm³/mol. The van der Waals surface area contributed by atoms with Crippen LogP contribution in [0.5, 0.6) is 0 Å². The average Bonchev–Trinajstić information content (AvgIpc) is 2.22. The smallest absolute Gasteiger partial charge is 0.746 e. The van der Waals surface area contributed by atoms with Crippen LogP contribution in [-0.2, 0) is 10.1 Å². The molecule has 0 N–H and O–H groups in total. The third kappa shape index (κ3) is 6.01. The van der Waals surface area contributed by atoms with Crippen LogP contribution in [0.3, 0.4) is 0 Å². The molecule has 0 radical (unpaired) electrons. The Morgan fingerprint density at radius 2 is 1.06 bits per heavy atom. The number of alkyl halides is 7. The second-order valence-corrected chi connectivity index (χ2v) is 4.39. The third-order valence-corrected chi connectivity index (χ3v) is 2.49. The van der Waals surface area contributed by atoms with Crippen LogP contribution in [0.1, 0.15) is 0 Å². The van der Waals surface area contributed by atoms with Crippen LogP contribution in [-0.4, -0.2) is 49.6 Å². The molecule has 0 saturated heterocycles. The first-order valence-corrected chi connectivity index (χ1v) is 5.40. The summed E-state index contributed by atoms with van der Waals surface area (Å²) in [5, 5.41) is 0. The van der Waals surface area contributed by atoms with Crippen LogP contribution in [0.25, 0.3) is 0 Å². The van der Waals surface area contributed by atoms with Gasteiger partial charge in [0, 0.05) is 0 Å². The molecule has 0 aliphatic heterocycles. The summed E-state index contributed by atoms with van der Waals surface area (Å²) in [4.78, 5) is 0. The maximum Gasteiger partial charge on any atom is 1.00 e. The van der Waals surface area contributed by atoms with E-state index < -0.39 is 46.7 Å². The van der Waals surface area contributed by atoms with Gasteiger partial charge in [-0.25, -0.2) is 39.2 Å². The Bertz CT molecular complexity index is 340. The van der Waals surface area contributed by atoms with Crippen LogP contribution in [0, 0.1) is 0 Å². The molecule has 0 aromatic carbocycles. The van der Waals surface area contributed by atoms with Crippen molar-refractivity contribution in [3.63, 3.8) is 0 Å². The molecule has 12 heteroatoms.